The highest BCUT2D eigenvalue weighted by atomic mass is 35.5. The molecule has 0 saturated carbocycles. The molecule has 1 unspecified atom stereocenters. The highest BCUT2D eigenvalue weighted by molar-refractivity contribution is 7.46. The van der Waals surface area contributed by atoms with Crippen LogP contribution in [0.4, 0.5) is 0 Å². The van der Waals surface area contributed by atoms with Gasteiger partial charge in [0, 0.05) is 10.6 Å². The van der Waals surface area contributed by atoms with Gasteiger partial charge in [0.1, 0.15) is 11.5 Å². The van der Waals surface area contributed by atoms with E-state index in [1.54, 1.807) is 13.0 Å². The lowest BCUT2D eigenvalue weighted by Gasteiger charge is -2.24. The Bertz CT molecular complexity index is 853. The fourth-order valence-corrected chi connectivity index (χ4v) is 3.70. The fraction of sp³-hybridized carbons (Fsp3) is 0.429. The number of aryl methyl sites for hydroxylation is 2. The maximum absolute atomic E-state index is 10.8. The van der Waals surface area contributed by atoms with Gasteiger partial charge in [0.2, 0.25) is 0 Å². The Balaban J connectivity index is 1.91. The smallest absolute Gasteiger partial charge is 0.457 e. The first-order valence-electron chi connectivity index (χ1n) is 9.62. The minimum absolute atomic E-state index is 0.213. The van der Waals surface area contributed by atoms with Crippen molar-refractivity contribution in [3.8, 4) is 11.5 Å². The summed E-state index contributed by atoms with van der Waals surface area (Å²) in [5, 5.41) is 0.609. The zero-order valence-electron chi connectivity index (χ0n) is 16.8. The summed E-state index contributed by atoms with van der Waals surface area (Å²) in [6.07, 6.45) is 4.02. The van der Waals surface area contributed by atoms with Crippen molar-refractivity contribution in [2.45, 2.75) is 51.5 Å². The molecule has 0 aromatic heterocycles. The standard InChI is InChI=1S/C21H29ClNO5P/c1-3-6-16-7-4-9-18(13-16)28-19-11-10-17(20(22)14-19)8-5-12-21(2,23)15-27-29(24,25)26/h4,7,9-11,13-14H,3,5-6,8,12,15,23H2,1-2H3,(H2,24,25,26). The third-order valence-corrected chi connectivity index (χ3v) is 5.27. The summed E-state index contributed by atoms with van der Waals surface area (Å²) in [4.78, 5) is 17.6. The second kappa shape index (κ2) is 10.6. The van der Waals surface area contributed by atoms with Crippen molar-refractivity contribution in [1.29, 1.82) is 0 Å². The van der Waals surface area contributed by atoms with Crippen LogP contribution in [0.1, 0.15) is 44.2 Å². The Labute approximate surface area is 177 Å². The zero-order valence-corrected chi connectivity index (χ0v) is 18.5. The van der Waals surface area contributed by atoms with Gasteiger partial charge in [-0.3, -0.25) is 4.52 Å². The maximum Gasteiger partial charge on any atom is 0.469 e. The van der Waals surface area contributed by atoms with Crippen LogP contribution >= 0.6 is 19.4 Å². The van der Waals surface area contributed by atoms with Gasteiger partial charge in [-0.05, 0) is 68.0 Å². The van der Waals surface area contributed by atoms with Gasteiger partial charge in [-0.1, -0.05) is 43.1 Å². The van der Waals surface area contributed by atoms with E-state index in [1.807, 2.05) is 30.3 Å². The molecule has 0 bridgehead atoms. The predicted octanol–water partition coefficient (Wildman–Crippen LogP) is 5.23. The number of phosphoric ester groups is 1. The number of rotatable bonds is 11. The van der Waals surface area contributed by atoms with Crippen LogP contribution in [0.3, 0.4) is 0 Å². The zero-order chi connectivity index (χ0) is 21.5. The van der Waals surface area contributed by atoms with Gasteiger partial charge < -0.3 is 20.3 Å². The second-order valence-corrected chi connectivity index (χ2v) is 9.17. The molecule has 160 valence electrons. The van der Waals surface area contributed by atoms with E-state index in [1.165, 1.54) is 5.56 Å². The molecule has 8 heteroatoms. The highest BCUT2D eigenvalue weighted by Gasteiger charge is 2.24. The lowest BCUT2D eigenvalue weighted by molar-refractivity contribution is 0.153. The molecule has 2 rings (SSSR count). The first-order chi connectivity index (χ1) is 13.6. The average Bonchev–Trinajstić information content (AvgIpc) is 2.62. The Morgan fingerprint density at radius 1 is 1.14 bits per heavy atom. The molecule has 0 heterocycles. The van der Waals surface area contributed by atoms with Crippen LogP contribution in [0.25, 0.3) is 0 Å². The summed E-state index contributed by atoms with van der Waals surface area (Å²) in [7, 11) is -4.52. The average molecular weight is 442 g/mol. The molecule has 0 saturated heterocycles. The molecule has 0 aliphatic heterocycles. The number of hydrogen-bond donors (Lipinski definition) is 3. The fourth-order valence-electron chi connectivity index (χ4n) is 2.97. The normalized spacial score (nSPS) is 13.9. The van der Waals surface area contributed by atoms with Crippen LogP contribution in [0.5, 0.6) is 11.5 Å². The van der Waals surface area contributed by atoms with Crippen LogP contribution in [0.2, 0.25) is 5.02 Å². The van der Waals surface area contributed by atoms with Crippen molar-refractivity contribution in [3.63, 3.8) is 0 Å². The monoisotopic (exact) mass is 441 g/mol. The van der Waals surface area contributed by atoms with Gasteiger partial charge in [0.05, 0.1) is 6.61 Å². The number of hydrogen-bond acceptors (Lipinski definition) is 4. The molecule has 0 spiro atoms. The van der Waals surface area contributed by atoms with Crippen molar-refractivity contribution in [3.05, 3.63) is 58.6 Å². The summed E-state index contributed by atoms with van der Waals surface area (Å²) in [5.74, 6) is 1.45. The van der Waals surface area contributed by atoms with E-state index < -0.39 is 13.4 Å². The number of nitrogens with two attached hydrogens (primary N) is 1. The topological polar surface area (TPSA) is 102 Å². The minimum atomic E-state index is -4.52. The van der Waals surface area contributed by atoms with Gasteiger partial charge >= 0.3 is 7.82 Å². The minimum Gasteiger partial charge on any atom is -0.457 e. The van der Waals surface area contributed by atoms with Gasteiger partial charge in [-0.2, -0.15) is 0 Å². The molecule has 2 aromatic carbocycles. The number of halogens is 1. The van der Waals surface area contributed by atoms with E-state index in [4.69, 9.17) is 31.9 Å². The first kappa shape index (κ1) is 23.9. The predicted molar refractivity (Wildman–Crippen MR) is 115 cm³/mol. The number of benzene rings is 2. The lowest BCUT2D eigenvalue weighted by atomic mass is 9.95. The third kappa shape index (κ3) is 8.87. The third-order valence-electron chi connectivity index (χ3n) is 4.45. The van der Waals surface area contributed by atoms with Crippen LogP contribution in [0.15, 0.2) is 42.5 Å². The van der Waals surface area contributed by atoms with Crippen LogP contribution in [-0.2, 0) is 21.9 Å². The largest absolute Gasteiger partial charge is 0.469 e. The molecule has 0 aliphatic carbocycles. The molecular formula is C21H29ClNO5P. The van der Waals surface area contributed by atoms with Crippen LogP contribution < -0.4 is 10.5 Å². The SMILES string of the molecule is CCCc1cccc(Oc2ccc(CCCC(C)(N)COP(=O)(O)O)c(Cl)c2)c1. The van der Waals surface area contributed by atoms with Gasteiger partial charge in [0.25, 0.3) is 0 Å². The van der Waals surface area contributed by atoms with Gasteiger partial charge in [0.15, 0.2) is 0 Å². The Morgan fingerprint density at radius 2 is 1.86 bits per heavy atom. The molecule has 0 fully saturated rings. The lowest BCUT2D eigenvalue weighted by Crippen LogP contribution is -2.40. The number of ether oxygens (including phenoxy) is 1. The maximum atomic E-state index is 10.8. The molecular weight excluding hydrogens is 413 g/mol. The summed E-state index contributed by atoms with van der Waals surface area (Å²) >= 11 is 6.41. The second-order valence-electron chi connectivity index (χ2n) is 7.52. The quantitative estimate of drug-likeness (QED) is 0.412. The van der Waals surface area contributed by atoms with Crippen molar-refractivity contribution >= 4 is 19.4 Å². The molecule has 6 nitrogen and oxygen atoms in total. The van der Waals surface area contributed by atoms with E-state index in [9.17, 15) is 4.57 Å². The van der Waals surface area contributed by atoms with Gasteiger partial charge in [-0.25, -0.2) is 4.57 Å². The van der Waals surface area contributed by atoms with E-state index in [-0.39, 0.29) is 6.61 Å². The summed E-state index contributed by atoms with van der Waals surface area (Å²) in [5.41, 5.74) is 7.42. The first-order valence-corrected chi connectivity index (χ1v) is 11.5. The van der Waals surface area contributed by atoms with Crippen molar-refractivity contribution in [2.75, 3.05) is 6.61 Å². The van der Waals surface area contributed by atoms with Crippen molar-refractivity contribution in [1.82, 2.24) is 0 Å². The van der Waals surface area contributed by atoms with Crippen LogP contribution in [0, 0.1) is 0 Å². The molecule has 4 N–H and O–H groups in total. The molecule has 0 amide bonds. The Hall–Kier alpha value is -1.40. The number of phosphoric acid groups is 1. The molecule has 0 radical (unpaired) electrons. The van der Waals surface area contributed by atoms with Gasteiger partial charge in [-0.15, -0.1) is 0 Å². The Kier molecular flexibility index (Phi) is 8.71. The van der Waals surface area contributed by atoms with E-state index >= 15 is 0 Å². The van der Waals surface area contributed by atoms with Crippen molar-refractivity contribution < 1.29 is 23.6 Å². The molecule has 2 aromatic rings. The van der Waals surface area contributed by atoms with Crippen molar-refractivity contribution in [2.24, 2.45) is 5.73 Å². The summed E-state index contributed by atoms with van der Waals surface area (Å²) in [6, 6.07) is 13.6. The summed E-state index contributed by atoms with van der Waals surface area (Å²) < 4.78 is 21.3. The van der Waals surface area contributed by atoms with E-state index in [2.05, 4.69) is 17.5 Å². The van der Waals surface area contributed by atoms with E-state index in [0.717, 1.165) is 24.2 Å². The summed E-state index contributed by atoms with van der Waals surface area (Å²) in [6.45, 7) is 3.63. The molecule has 0 aliphatic rings. The highest BCUT2D eigenvalue weighted by Crippen LogP contribution is 2.37. The van der Waals surface area contributed by atoms with Crippen LogP contribution in [-0.4, -0.2) is 21.9 Å². The molecule has 1 atom stereocenters. The Morgan fingerprint density at radius 3 is 2.52 bits per heavy atom. The van der Waals surface area contributed by atoms with E-state index in [0.29, 0.717) is 30.0 Å². The molecule has 29 heavy (non-hydrogen) atoms.